The smallest absolute Gasteiger partial charge is 0.230 e. The van der Waals surface area contributed by atoms with Gasteiger partial charge < -0.3 is 10.3 Å². The quantitative estimate of drug-likeness (QED) is 0.705. The fourth-order valence-corrected chi connectivity index (χ4v) is 2.63. The molecule has 3 rings (SSSR count). The molecule has 0 aliphatic carbocycles. The minimum absolute atomic E-state index is 0.0119. The molecule has 1 aromatic carbocycles. The summed E-state index contributed by atoms with van der Waals surface area (Å²) in [6, 6.07) is 7.87. The molecule has 6 nitrogen and oxygen atoms in total. The molecule has 7 heteroatoms. The number of para-hydroxylation sites is 1. The van der Waals surface area contributed by atoms with Gasteiger partial charge >= 0.3 is 0 Å². The van der Waals surface area contributed by atoms with Crippen molar-refractivity contribution in [2.45, 2.75) is 18.5 Å². The van der Waals surface area contributed by atoms with E-state index >= 15 is 0 Å². The van der Waals surface area contributed by atoms with Crippen LogP contribution in [0.25, 0.3) is 22.1 Å². The van der Waals surface area contributed by atoms with Crippen LogP contribution in [-0.2, 0) is 4.79 Å². The van der Waals surface area contributed by atoms with Crippen LogP contribution < -0.4 is 5.32 Å². The zero-order chi connectivity index (χ0) is 14.7. The van der Waals surface area contributed by atoms with E-state index in [1.807, 2.05) is 31.2 Å². The molecule has 0 spiro atoms. The standard InChI is InChI=1S/C14H15N5OS/c1-2-7-15-11(20)8-21-14-17-13-12(18-19-14)9-5-3-4-6-10(9)16-13/h3-6H,2,7-8H2,1H3,(H,15,20)(H,16,17,19). The number of hydrogen-bond donors (Lipinski definition) is 2. The first kappa shape index (κ1) is 13.8. The summed E-state index contributed by atoms with van der Waals surface area (Å²) in [6.07, 6.45) is 0.926. The van der Waals surface area contributed by atoms with Crippen molar-refractivity contribution in [3.8, 4) is 0 Å². The van der Waals surface area contributed by atoms with Gasteiger partial charge in [0.1, 0.15) is 5.52 Å². The first-order chi connectivity index (χ1) is 10.3. The number of thioether (sulfide) groups is 1. The monoisotopic (exact) mass is 301 g/mol. The van der Waals surface area contributed by atoms with Crippen molar-refractivity contribution in [3.63, 3.8) is 0 Å². The van der Waals surface area contributed by atoms with E-state index in [1.54, 1.807) is 0 Å². The second-order valence-corrected chi connectivity index (χ2v) is 5.54. The van der Waals surface area contributed by atoms with Gasteiger partial charge in [-0.05, 0) is 12.5 Å². The third-order valence-electron chi connectivity index (χ3n) is 3.01. The fraction of sp³-hybridized carbons (Fsp3) is 0.286. The number of amides is 1. The highest BCUT2D eigenvalue weighted by Gasteiger charge is 2.10. The summed E-state index contributed by atoms with van der Waals surface area (Å²) in [5.41, 5.74) is 2.44. The number of rotatable bonds is 5. The molecule has 2 N–H and O–H groups in total. The predicted octanol–water partition coefficient (Wildman–Crippen LogP) is 2.12. The molecule has 0 saturated heterocycles. The molecule has 0 bridgehead atoms. The van der Waals surface area contributed by atoms with Crippen LogP contribution in [0.4, 0.5) is 0 Å². The number of carbonyl (C=O) groups is 1. The Morgan fingerprint density at radius 1 is 1.33 bits per heavy atom. The van der Waals surface area contributed by atoms with Crippen LogP contribution in [0, 0.1) is 0 Å². The van der Waals surface area contributed by atoms with Crippen LogP contribution in [0.3, 0.4) is 0 Å². The molecule has 2 heterocycles. The van der Waals surface area contributed by atoms with Gasteiger partial charge in [-0.25, -0.2) is 4.98 Å². The van der Waals surface area contributed by atoms with Gasteiger partial charge in [-0.1, -0.05) is 36.9 Å². The molecule has 0 aliphatic rings. The van der Waals surface area contributed by atoms with Gasteiger partial charge in [0.15, 0.2) is 5.65 Å². The number of aromatic nitrogens is 4. The molecular weight excluding hydrogens is 286 g/mol. The van der Waals surface area contributed by atoms with E-state index in [9.17, 15) is 4.79 Å². The predicted molar refractivity (Wildman–Crippen MR) is 83.2 cm³/mol. The largest absolute Gasteiger partial charge is 0.355 e. The summed E-state index contributed by atoms with van der Waals surface area (Å²) in [4.78, 5) is 19.2. The molecule has 1 amide bonds. The Balaban J connectivity index is 1.78. The summed E-state index contributed by atoms with van der Waals surface area (Å²) < 4.78 is 0. The Bertz CT molecular complexity index is 785. The van der Waals surface area contributed by atoms with E-state index in [0.29, 0.717) is 23.1 Å². The number of nitrogens with zero attached hydrogens (tertiary/aromatic N) is 3. The van der Waals surface area contributed by atoms with Gasteiger partial charge in [0, 0.05) is 17.4 Å². The lowest BCUT2D eigenvalue weighted by Gasteiger charge is -2.01. The Kier molecular flexibility index (Phi) is 4.01. The zero-order valence-corrected chi connectivity index (χ0v) is 12.4. The van der Waals surface area contributed by atoms with Crippen molar-refractivity contribution < 1.29 is 4.79 Å². The zero-order valence-electron chi connectivity index (χ0n) is 11.6. The Labute approximate surface area is 125 Å². The Morgan fingerprint density at radius 2 is 2.19 bits per heavy atom. The van der Waals surface area contributed by atoms with E-state index in [1.165, 1.54) is 11.8 Å². The van der Waals surface area contributed by atoms with Gasteiger partial charge in [0.2, 0.25) is 11.1 Å². The molecule has 3 aromatic rings. The highest BCUT2D eigenvalue weighted by atomic mass is 32.2. The third kappa shape index (κ3) is 2.97. The molecule has 2 aromatic heterocycles. The first-order valence-electron chi connectivity index (χ1n) is 6.78. The lowest BCUT2D eigenvalue weighted by atomic mass is 10.2. The maximum Gasteiger partial charge on any atom is 0.230 e. The van der Waals surface area contributed by atoms with Gasteiger partial charge in [-0.3, -0.25) is 4.79 Å². The normalized spacial score (nSPS) is 11.1. The highest BCUT2D eigenvalue weighted by Crippen LogP contribution is 2.22. The van der Waals surface area contributed by atoms with E-state index < -0.39 is 0 Å². The summed E-state index contributed by atoms with van der Waals surface area (Å²) in [5.74, 6) is 0.287. The third-order valence-corrected chi connectivity index (χ3v) is 3.84. The average molecular weight is 301 g/mol. The molecule has 0 saturated carbocycles. The van der Waals surface area contributed by atoms with Crippen molar-refractivity contribution in [1.82, 2.24) is 25.5 Å². The Hall–Kier alpha value is -2.15. The fourth-order valence-electron chi connectivity index (χ4n) is 2.01. The molecule has 21 heavy (non-hydrogen) atoms. The minimum Gasteiger partial charge on any atom is -0.355 e. The van der Waals surface area contributed by atoms with Crippen molar-refractivity contribution >= 4 is 39.7 Å². The van der Waals surface area contributed by atoms with Crippen LogP contribution in [0.5, 0.6) is 0 Å². The summed E-state index contributed by atoms with van der Waals surface area (Å²) in [6.45, 7) is 2.71. The average Bonchev–Trinajstić information content (AvgIpc) is 2.88. The lowest BCUT2D eigenvalue weighted by molar-refractivity contribution is -0.118. The van der Waals surface area contributed by atoms with Crippen LogP contribution in [0.2, 0.25) is 0 Å². The van der Waals surface area contributed by atoms with Gasteiger partial charge in [0.25, 0.3) is 0 Å². The van der Waals surface area contributed by atoms with E-state index in [2.05, 4.69) is 25.5 Å². The van der Waals surface area contributed by atoms with Gasteiger partial charge in [0.05, 0.1) is 5.75 Å². The number of fused-ring (bicyclic) bond motifs is 3. The number of aromatic amines is 1. The van der Waals surface area contributed by atoms with Crippen molar-refractivity contribution in [2.75, 3.05) is 12.3 Å². The van der Waals surface area contributed by atoms with E-state index in [0.717, 1.165) is 22.8 Å². The molecule has 0 unspecified atom stereocenters. The second kappa shape index (κ2) is 6.09. The first-order valence-corrected chi connectivity index (χ1v) is 7.77. The summed E-state index contributed by atoms with van der Waals surface area (Å²) in [7, 11) is 0. The maximum absolute atomic E-state index is 11.6. The van der Waals surface area contributed by atoms with Crippen LogP contribution in [0.1, 0.15) is 13.3 Å². The van der Waals surface area contributed by atoms with Crippen LogP contribution in [0.15, 0.2) is 29.4 Å². The summed E-state index contributed by atoms with van der Waals surface area (Å²) >= 11 is 1.29. The van der Waals surface area contributed by atoms with Crippen molar-refractivity contribution in [3.05, 3.63) is 24.3 Å². The number of hydrogen-bond acceptors (Lipinski definition) is 5. The molecule has 0 fully saturated rings. The Morgan fingerprint density at radius 3 is 3.05 bits per heavy atom. The van der Waals surface area contributed by atoms with Crippen LogP contribution in [-0.4, -0.2) is 38.4 Å². The number of H-pyrrole nitrogens is 1. The molecule has 0 radical (unpaired) electrons. The topological polar surface area (TPSA) is 83.6 Å². The molecule has 0 aliphatic heterocycles. The molecule has 0 atom stereocenters. The number of benzene rings is 1. The van der Waals surface area contributed by atoms with Crippen molar-refractivity contribution in [1.29, 1.82) is 0 Å². The minimum atomic E-state index is -0.0119. The van der Waals surface area contributed by atoms with E-state index in [-0.39, 0.29) is 5.91 Å². The number of carbonyl (C=O) groups excluding carboxylic acids is 1. The SMILES string of the molecule is CCCNC(=O)CSc1nnc2c(n1)[nH]c1ccccc12. The van der Waals surface area contributed by atoms with E-state index in [4.69, 9.17) is 0 Å². The highest BCUT2D eigenvalue weighted by molar-refractivity contribution is 7.99. The maximum atomic E-state index is 11.6. The summed E-state index contributed by atoms with van der Waals surface area (Å²) in [5, 5.41) is 12.6. The van der Waals surface area contributed by atoms with Gasteiger partial charge in [-0.15, -0.1) is 10.2 Å². The second-order valence-electron chi connectivity index (χ2n) is 4.60. The van der Waals surface area contributed by atoms with Crippen LogP contribution >= 0.6 is 11.8 Å². The molecule has 108 valence electrons. The van der Waals surface area contributed by atoms with Crippen molar-refractivity contribution in [2.24, 2.45) is 0 Å². The lowest BCUT2D eigenvalue weighted by Crippen LogP contribution is -2.25. The van der Waals surface area contributed by atoms with Gasteiger partial charge in [-0.2, -0.15) is 0 Å². The molecular formula is C14H15N5OS. The number of nitrogens with one attached hydrogen (secondary N) is 2.